The second-order valence-electron chi connectivity index (χ2n) is 5.83. The molecule has 0 unspecified atom stereocenters. The molecule has 3 aromatic carbocycles. The van der Waals surface area contributed by atoms with Crippen molar-refractivity contribution in [2.45, 2.75) is 0 Å². The van der Waals surface area contributed by atoms with Gasteiger partial charge in [-0.25, -0.2) is 4.39 Å². The summed E-state index contributed by atoms with van der Waals surface area (Å²) in [6.07, 6.45) is 3.62. The number of hydrogen-bond donors (Lipinski definition) is 0. The van der Waals surface area contributed by atoms with Gasteiger partial charge >= 0.3 is 0 Å². The van der Waals surface area contributed by atoms with E-state index in [1.54, 1.807) is 25.4 Å². The predicted molar refractivity (Wildman–Crippen MR) is 99.1 cm³/mol. The Labute approximate surface area is 145 Å². The molecule has 122 valence electrons. The van der Waals surface area contributed by atoms with Crippen LogP contribution in [0.5, 0.6) is 5.75 Å². The molecule has 0 N–H and O–H groups in total. The molecule has 3 heteroatoms. The minimum absolute atomic E-state index is 0.248. The molecule has 0 amide bonds. The van der Waals surface area contributed by atoms with E-state index in [-0.39, 0.29) is 5.82 Å². The van der Waals surface area contributed by atoms with Crippen LogP contribution in [0, 0.1) is 5.82 Å². The largest absolute Gasteiger partial charge is 0.496 e. The highest BCUT2D eigenvalue weighted by Gasteiger charge is 2.12. The number of pyridine rings is 1. The molecular formula is C22H16FNO. The van der Waals surface area contributed by atoms with Crippen LogP contribution in [0.25, 0.3) is 33.0 Å². The van der Waals surface area contributed by atoms with E-state index in [9.17, 15) is 4.39 Å². The van der Waals surface area contributed by atoms with Gasteiger partial charge in [0, 0.05) is 23.5 Å². The molecular weight excluding hydrogens is 313 g/mol. The van der Waals surface area contributed by atoms with Crippen LogP contribution in [0.15, 0.2) is 79.1 Å². The Morgan fingerprint density at radius 3 is 2.36 bits per heavy atom. The lowest BCUT2D eigenvalue weighted by molar-refractivity contribution is 0.417. The average molecular weight is 329 g/mol. The van der Waals surface area contributed by atoms with Crippen molar-refractivity contribution in [3.8, 4) is 28.0 Å². The zero-order valence-corrected chi connectivity index (χ0v) is 13.7. The van der Waals surface area contributed by atoms with Crippen LogP contribution in [0.1, 0.15) is 0 Å². The topological polar surface area (TPSA) is 22.1 Å². The Kier molecular flexibility index (Phi) is 3.90. The van der Waals surface area contributed by atoms with E-state index in [0.717, 1.165) is 38.8 Å². The lowest BCUT2D eigenvalue weighted by Gasteiger charge is -2.13. The number of methoxy groups -OCH3 is 1. The van der Waals surface area contributed by atoms with Crippen LogP contribution in [-0.4, -0.2) is 12.1 Å². The van der Waals surface area contributed by atoms with Gasteiger partial charge < -0.3 is 4.74 Å². The van der Waals surface area contributed by atoms with E-state index in [0.29, 0.717) is 0 Å². The second-order valence-corrected chi connectivity index (χ2v) is 5.83. The van der Waals surface area contributed by atoms with E-state index < -0.39 is 0 Å². The van der Waals surface area contributed by atoms with E-state index >= 15 is 0 Å². The fourth-order valence-corrected chi connectivity index (χ4v) is 3.11. The Morgan fingerprint density at radius 1 is 0.840 bits per heavy atom. The van der Waals surface area contributed by atoms with Gasteiger partial charge in [0.15, 0.2) is 0 Å². The lowest BCUT2D eigenvalue weighted by Crippen LogP contribution is -1.90. The van der Waals surface area contributed by atoms with Gasteiger partial charge in [-0.2, -0.15) is 0 Å². The van der Waals surface area contributed by atoms with Crippen molar-refractivity contribution in [3.63, 3.8) is 0 Å². The zero-order chi connectivity index (χ0) is 17.2. The number of hydrogen-bond acceptors (Lipinski definition) is 2. The van der Waals surface area contributed by atoms with Crippen molar-refractivity contribution < 1.29 is 9.13 Å². The van der Waals surface area contributed by atoms with Gasteiger partial charge in [0.05, 0.1) is 7.11 Å². The smallest absolute Gasteiger partial charge is 0.127 e. The number of ether oxygens (including phenoxy) is 1. The molecule has 0 aliphatic carbocycles. The summed E-state index contributed by atoms with van der Waals surface area (Å²) in [4.78, 5) is 4.19. The minimum Gasteiger partial charge on any atom is -0.496 e. The Morgan fingerprint density at radius 2 is 1.64 bits per heavy atom. The SMILES string of the molecule is COc1ccc2cc(-c3cccnc3)ccc2c1-c1ccc(F)cc1. The molecule has 0 saturated heterocycles. The fraction of sp³-hybridized carbons (Fsp3) is 0.0455. The monoisotopic (exact) mass is 329 g/mol. The number of benzene rings is 3. The molecule has 0 spiro atoms. The van der Waals surface area contributed by atoms with Crippen molar-refractivity contribution in [2.75, 3.05) is 7.11 Å². The van der Waals surface area contributed by atoms with Crippen molar-refractivity contribution >= 4 is 10.8 Å². The number of nitrogens with zero attached hydrogens (tertiary/aromatic N) is 1. The molecule has 0 aliphatic rings. The maximum Gasteiger partial charge on any atom is 0.127 e. The number of rotatable bonds is 3. The van der Waals surface area contributed by atoms with Crippen LogP contribution in [0.2, 0.25) is 0 Å². The van der Waals surface area contributed by atoms with Gasteiger partial charge in [-0.05, 0) is 52.2 Å². The van der Waals surface area contributed by atoms with Crippen LogP contribution in [0.4, 0.5) is 4.39 Å². The van der Waals surface area contributed by atoms with Crippen molar-refractivity contribution in [1.82, 2.24) is 4.98 Å². The van der Waals surface area contributed by atoms with Crippen LogP contribution < -0.4 is 4.74 Å². The summed E-state index contributed by atoms with van der Waals surface area (Å²) in [5.74, 6) is 0.523. The normalized spacial score (nSPS) is 10.8. The third kappa shape index (κ3) is 2.85. The summed E-state index contributed by atoms with van der Waals surface area (Å²) < 4.78 is 18.9. The molecule has 0 radical (unpaired) electrons. The minimum atomic E-state index is -0.248. The molecule has 1 heterocycles. The average Bonchev–Trinajstić information content (AvgIpc) is 2.68. The lowest BCUT2D eigenvalue weighted by atomic mass is 9.94. The maximum absolute atomic E-state index is 13.3. The molecule has 2 nitrogen and oxygen atoms in total. The third-order valence-electron chi connectivity index (χ3n) is 4.33. The summed E-state index contributed by atoms with van der Waals surface area (Å²) in [6, 6.07) is 20.8. The Hall–Kier alpha value is -3.20. The summed E-state index contributed by atoms with van der Waals surface area (Å²) in [5.41, 5.74) is 4.08. The third-order valence-corrected chi connectivity index (χ3v) is 4.33. The van der Waals surface area contributed by atoms with Gasteiger partial charge in [0.25, 0.3) is 0 Å². The van der Waals surface area contributed by atoms with E-state index in [4.69, 9.17) is 4.74 Å². The van der Waals surface area contributed by atoms with Gasteiger partial charge in [-0.1, -0.05) is 36.4 Å². The van der Waals surface area contributed by atoms with Crippen LogP contribution in [-0.2, 0) is 0 Å². The second kappa shape index (κ2) is 6.36. The first-order chi connectivity index (χ1) is 12.3. The zero-order valence-electron chi connectivity index (χ0n) is 13.7. The molecule has 4 rings (SSSR count). The highest BCUT2D eigenvalue weighted by molar-refractivity contribution is 6.01. The quantitative estimate of drug-likeness (QED) is 0.480. The molecule has 25 heavy (non-hydrogen) atoms. The van der Waals surface area contributed by atoms with Gasteiger partial charge in [-0.15, -0.1) is 0 Å². The summed E-state index contributed by atoms with van der Waals surface area (Å²) >= 11 is 0. The van der Waals surface area contributed by atoms with Crippen molar-refractivity contribution in [2.24, 2.45) is 0 Å². The highest BCUT2D eigenvalue weighted by atomic mass is 19.1. The summed E-state index contributed by atoms with van der Waals surface area (Å²) in [5, 5.41) is 2.17. The number of aromatic nitrogens is 1. The summed E-state index contributed by atoms with van der Waals surface area (Å²) in [7, 11) is 1.65. The molecule has 0 bridgehead atoms. The first kappa shape index (κ1) is 15.3. The van der Waals surface area contributed by atoms with Crippen molar-refractivity contribution in [3.05, 3.63) is 84.9 Å². The molecule has 0 aliphatic heterocycles. The first-order valence-electron chi connectivity index (χ1n) is 8.03. The van der Waals surface area contributed by atoms with E-state index in [1.165, 1.54) is 12.1 Å². The molecule has 0 saturated carbocycles. The maximum atomic E-state index is 13.3. The van der Waals surface area contributed by atoms with Gasteiger partial charge in [-0.3, -0.25) is 4.98 Å². The molecule has 0 fully saturated rings. The summed E-state index contributed by atoms with van der Waals surface area (Å²) in [6.45, 7) is 0. The Balaban J connectivity index is 1.93. The Bertz CT molecular complexity index is 1030. The van der Waals surface area contributed by atoms with Crippen LogP contribution >= 0.6 is 0 Å². The van der Waals surface area contributed by atoms with Crippen molar-refractivity contribution in [1.29, 1.82) is 0 Å². The number of halogens is 1. The standard InChI is InChI=1S/C22H16FNO/c1-25-21-11-7-17-13-16(18-3-2-12-24-14-18)6-10-20(17)22(21)15-4-8-19(23)9-5-15/h2-14H,1H3. The van der Waals surface area contributed by atoms with Gasteiger partial charge in [0.2, 0.25) is 0 Å². The molecule has 0 atom stereocenters. The van der Waals surface area contributed by atoms with E-state index in [2.05, 4.69) is 23.2 Å². The first-order valence-corrected chi connectivity index (χ1v) is 8.03. The predicted octanol–water partition coefficient (Wildman–Crippen LogP) is 5.72. The highest BCUT2D eigenvalue weighted by Crippen LogP contribution is 2.38. The van der Waals surface area contributed by atoms with Gasteiger partial charge in [0.1, 0.15) is 11.6 Å². The molecule has 1 aromatic heterocycles. The molecule has 4 aromatic rings. The van der Waals surface area contributed by atoms with Crippen LogP contribution in [0.3, 0.4) is 0 Å². The number of fused-ring (bicyclic) bond motifs is 1. The van der Waals surface area contributed by atoms with E-state index in [1.807, 2.05) is 30.5 Å². The fourth-order valence-electron chi connectivity index (χ4n) is 3.11.